The summed E-state index contributed by atoms with van der Waals surface area (Å²) in [5.74, 6) is 4.95. The fraction of sp³-hybridized carbons (Fsp3) is 0.400. The van der Waals surface area contributed by atoms with Gasteiger partial charge in [-0.05, 0) is 30.5 Å². The van der Waals surface area contributed by atoms with Crippen LogP contribution in [0, 0.1) is 5.82 Å². The van der Waals surface area contributed by atoms with Crippen LogP contribution in [0.1, 0.15) is 18.9 Å². The first-order valence-corrected chi connectivity index (χ1v) is 4.95. The number of hydrogen-bond acceptors (Lipinski definition) is 2. The Morgan fingerprint density at radius 2 is 2.29 bits per heavy atom. The summed E-state index contributed by atoms with van der Waals surface area (Å²) >= 11 is 5.57. The molecule has 78 valence electrons. The summed E-state index contributed by atoms with van der Waals surface area (Å²) in [6.07, 6.45) is 1.61. The van der Waals surface area contributed by atoms with Crippen molar-refractivity contribution in [1.82, 2.24) is 5.43 Å². The van der Waals surface area contributed by atoms with Gasteiger partial charge < -0.3 is 0 Å². The molecule has 0 aliphatic heterocycles. The van der Waals surface area contributed by atoms with Gasteiger partial charge >= 0.3 is 0 Å². The molecule has 1 aromatic rings. The fourth-order valence-corrected chi connectivity index (χ4v) is 1.39. The third-order valence-corrected chi connectivity index (χ3v) is 2.50. The molecule has 0 aromatic heterocycles. The molecule has 3 N–H and O–H groups in total. The first-order valence-electron chi connectivity index (χ1n) is 4.57. The number of hydrogen-bond donors (Lipinski definition) is 2. The molecule has 0 saturated heterocycles. The van der Waals surface area contributed by atoms with Crippen LogP contribution >= 0.6 is 11.6 Å². The van der Waals surface area contributed by atoms with Gasteiger partial charge in [-0.3, -0.25) is 11.3 Å². The third-order valence-electron chi connectivity index (χ3n) is 2.19. The summed E-state index contributed by atoms with van der Waals surface area (Å²) in [6.45, 7) is 2.02. The zero-order valence-corrected chi connectivity index (χ0v) is 8.81. The van der Waals surface area contributed by atoms with E-state index in [1.807, 2.05) is 13.0 Å². The lowest BCUT2D eigenvalue weighted by molar-refractivity contribution is 0.509. The van der Waals surface area contributed by atoms with Crippen molar-refractivity contribution in [3.8, 4) is 0 Å². The van der Waals surface area contributed by atoms with Crippen molar-refractivity contribution >= 4 is 11.6 Å². The van der Waals surface area contributed by atoms with Crippen LogP contribution in [0.15, 0.2) is 18.2 Å². The van der Waals surface area contributed by atoms with Gasteiger partial charge in [-0.2, -0.15) is 0 Å². The van der Waals surface area contributed by atoms with Gasteiger partial charge in [-0.15, -0.1) is 0 Å². The molecule has 0 aliphatic carbocycles. The second-order valence-corrected chi connectivity index (χ2v) is 3.63. The van der Waals surface area contributed by atoms with Crippen molar-refractivity contribution < 1.29 is 4.39 Å². The number of hydrazine groups is 1. The molecule has 1 atom stereocenters. The van der Waals surface area contributed by atoms with Crippen LogP contribution in [0.3, 0.4) is 0 Å². The molecule has 1 aromatic carbocycles. The summed E-state index contributed by atoms with van der Waals surface area (Å²) < 4.78 is 13.1. The maximum Gasteiger partial charge on any atom is 0.142 e. The quantitative estimate of drug-likeness (QED) is 0.599. The molecule has 1 rings (SSSR count). The van der Waals surface area contributed by atoms with E-state index >= 15 is 0 Å². The Morgan fingerprint density at radius 3 is 2.79 bits per heavy atom. The number of halogens is 2. The summed E-state index contributed by atoms with van der Waals surface area (Å²) in [5, 5.41) is 0.155. The van der Waals surface area contributed by atoms with Crippen molar-refractivity contribution in [1.29, 1.82) is 0 Å². The monoisotopic (exact) mass is 216 g/mol. The average Bonchev–Trinajstić information content (AvgIpc) is 2.19. The summed E-state index contributed by atoms with van der Waals surface area (Å²) in [5.41, 5.74) is 3.58. The summed E-state index contributed by atoms with van der Waals surface area (Å²) in [6, 6.07) is 5.00. The molecule has 0 amide bonds. The molecule has 0 radical (unpaired) electrons. The van der Waals surface area contributed by atoms with Gasteiger partial charge in [0.1, 0.15) is 5.82 Å². The molecule has 0 fully saturated rings. The average molecular weight is 217 g/mol. The van der Waals surface area contributed by atoms with Crippen molar-refractivity contribution in [3.05, 3.63) is 34.6 Å². The van der Waals surface area contributed by atoms with Crippen LogP contribution in [-0.2, 0) is 6.42 Å². The molecule has 1 unspecified atom stereocenters. The number of nitrogens with one attached hydrogen (secondary N) is 1. The highest BCUT2D eigenvalue weighted by molar-refractivity contribution is 6.30. The first kappa shape index (κ1) is 11.4. The first-order chi connectivity index (χ1) is 6.67. The van der Waals surface area contributed by atoms with Crippen molar-refractivity contribution in [3.63, 3.8) is 0 Å². The van der Waals surface area contributed by atoms with E-state index in [2.05, 4.69) is 5.43 Å². The van der Waals surface area contributed by atoms with E-state index in [0.29, 0.717) is 6.42 Å². The molecule has 0 spiro atoms. The highest BCUT2D eigenvalue weighted by atomic mass is 35.5. The molecular formula is C10H14ClFN2. The number of nitrogens with two attached hydrogens (primary N) is 1. The van der Waals surface area contributed by atoms with Crippen LogP contribution in [0.25, 0.3) is 0 Å². The Balaban J connectivity index is 2.72. The summed E-state index contributed by atoms with van der Waals surface area (Å²) in [7, 11) is 0. The van der Waals surface area contributed by atoms with E-state index in [4.69, 9.17) is 17.4 Å². The smallest absolute Gasteiger partial charge is 0.142 e. The summed E-state index contributed by atoms with van der Waals surface area (Å²) in [4.78, 5) is 0. The Labute approximate surface area is 88.2 Å². The highest BCUT2D eigenvalue weighted by Crippen LogP contribution is 2.16. The van der Waals surface area contributed by atoms with Crippen LogP contribution in [0.4, 0.5) is 4.39 Å². The van der Waals surface area contributed by atoms with E-state index in [1.165, 1.54) is 6.07 Å². The maximum absolute atomic E-state index is 13.1. The molecule has 0 saturated carbocycles. The minimum absolute atomic E-state index is 0.155. The fourth-order valence-electron chi connectivity index (χ4n) is 1.27. The van der Waals surface area contributed by atoms with Crippen LogP contribution < -0.4 is 11.3 Å². The van der Waals surface area contributed by atoms with Crippen molar-refractivity contribution in [2.75, 3.05) is 0 Å². The van der Waals surface area contributed by atoms with E-state index < -0.39 is 0 Å². The molecular weight excluding hydrogens is 203 g/mol. The second-order valence-electron chi connectivity index (χ2n) is 3.22. The topological polar surface area (TPSA) is 38.0 Å². The lowest BCUT2D eigenvalue weighted by atomic mass is 10.0. The molecule has 14 heavy (non-hydrogen) atoms. The third kappa shape index (κ3) is 2.94. The molecule has 0 aliphatic rings. The molecule has 2 nitrogen and oxygen atoms in total. The van der Waals surface area contributed by atoms with Gasteiger partial charge in [0.25, 0.3) is 0 Å². The van der Waals surface area contributed by atoms with Crippen molar-refractivity contribution in [2.24, 2.45) is 5.84 Å². The van der Waals surface area contributed by atoms with E-state index in [0.717, 1.165) is 12.0 Å². The Kier molecular flexibility index (Phi) is 4.32. The number of benzene rings is 1. The van der Waals surface area contributed by atoms with Crippen LogP contribution in [0.5, 0.6) is 0 Å². The lowest BCUT2D eigenvalue weighted by Gasteiger charge is -2.13. The van der Waals surface area contributed by atoms with E-state index in [1.54, 1.807) is 6.07 Å². The Morgan fingerprint density at radius 1 is 1.57 bits per heavy atom. The zero-order valence-electron chi connectivity index (χ0n) is 8.06. The highest BCUT2D eigenvalue weighted by Gasteiger charge is 2.06. The maximum atomic E-state index is 13.1. The van der Waals surface area contributed by atoms with E-state index in [-0.39, 0.29) is 16.9 Å². The second kappa shape index (κ2) is 5.29. The van der Waals surface area contributed by atoms with Crippen molar-refractivity contribution in [2.45, 2.75) is 25.8 Å². The van der Waals surface area contributed by atoms with Gasteiger partial charge in [-0.1, -0.05) is 24.6 Å². The Hall–Kier alpha value is -0.640. The van der Waals surface area contributed by atoms with Gasteiger partial charge in [-0.25, -0.2) is 4.39 Å². The molecule has 0 bridgehead atoms. The minimum Gasteiger partial charge on any atom is -0.271 e. The Bertz CT molecular complexity index is 300. The minimum atomic E-state index is -0.379. The lowest BCUT2D eigenvalue weighted by Crippen LogP contribution is -2.36. The SMILES string of the molecule is CCC(Cc1ccc(Cl)c(F)c1)NN. The van der Waals surface area contributed by atoms with Gasteiger partial charge in [0.2, 0.25) is 0 Å². The van der Waals surface area contributed by atoms with Gasteiger partial charge in [0.05, 0.1) is 5.02 Å². The normalized spacial score (nSPS) is 12.9. The van der Waals surface area contributed by atoms with Crippen LogP contribution in [-0.4, -0.2) is 6.04 Å². The number of rotatable bonds is 4. The largest absolute Gasteiger partial charge is 0.271 e. The standard InChI is InChI=1S/C10H14ClFN2/c1-2-8(14-13)5-7-3-4-9(11)10(12)6-7/h3-4,6,8,14H,2,5,13H2,1H3. The predicted molar refractivity (Wildman–Crippen MR) is 56.5 cm³/mol. The van der Waals surface area contributed by atoms with Gasteiger partial charge in [0, 0.05) is 6.04 Å². The zero-order chi connectivity index (χ0) is 10.6. The van der Waals surface area contributed by atoms with E-state index in [9.17, 15) is 4.39 Å². The molecule has 4 heteroatoms. The van der Waals surface area contributed by atoms with Crippen LogP contribution in [0.2, 0.25) is 5.02 Å². The molecule has 0 heterocycles. The predicted octanol–water partition coefficient (Wildman–Crippen LogP) is 2.26. The van der Waals surface area contributed by atoms with Gasteiger partial charge in [0.15, 0.2) is 0 Å².